The Balaban J connectivity index is 2.41. The van der Waals surface area contributed by atoms with Gasteiger partial charge in [0, 0.05) is 13.2 Å². The SMILES string of the molecule is COC(CNC(=O)COc1ccc(F)cc1F)C(=O)O. The molecule has 2 N–H and O–H groups in total. The summed E-state index contributed by atoms with van der Waals surface area (Å²) in [6, 6.07) is 2.66. The van der Waals surface area contributed by atoms with E-state index in [9.17, 15) is 18.4 Å². The van der Waals surface area contributed by atoms with Gasteiger partial charge in [0.15, 0.2) is 24.3 Å². The minimum atomic E-state index is -1.22. The number of aliphatic carboxylic acids is 1. The van der Waals surface area contributed by atoms with Gasteiger partial charge in [-0.1, -0.05) is 0 Å². The summed E-state index contributed by atoms with van der Waals surface area (Å²) in [5.41, 5.74) is 0. The molecule has 0 fully saturated rings. The number of carbonyl (C=O) groups is 2. The fourth-order valence-corrected chi connectivity index (χ4v) is 1.26. The lowest BCUT2D eigenvalue weighted by atomic mass is 10.3. The normalized spacial score (nSPS) is 11.8. The van der Waals surface area contributed by atoms with Gasteiger partial charge in [-0.25, -0.2) is 13.6 Å². The number of benzene rings is 1. The summed E-state index contributed by atoms with van der Waals surface area (Å²) in [4.78, 5) is 22.0. The van der Waals surface area contributed by atoms with E-state index in [0.717, 1.165) is 12.1 Å². The Bertz CT molecular complexity index is 495. The first-order valence-corrected chi connectivity index (χ1v) is 5.54. The van der Waals surface area contributed by atoms with Gasteiger partial charge in [0.2, 0.25) is 0 Å². The van der Waals surface area contributed by atoms with Crippen LogP contribution in [0.15, 0.2) is 18.2 Å². The van der Waals surface area contributed by atoms with E-state index in [1.165, 1.54) is 7.11 Å². The standard InChI is InChI=1S/C12H13F2NO5/c1-19-10(12(17)18)5-15-11(16)6-20-9-3-2-7(13)4-8(9)14/h2-4,10H,5-6H2,1H3,(H,15,16)(H,17,18). The average Bonchev–Trinajstić information content (AvgIpc) is 2.38. The van der Waals surface area contributed by atoms with Gasteiger partial charge in [0.25, 0.3) is 5.91 Å². The highest BCUT2D eigenvalue weighted by molar-refractivity contribution is 5.79. The zero-order valence-electron chi connectivity index (χ0n) is 10.6. The van der Waals surface area contributed by atoms with Gasteiger partial charge >= 0.3 is 5.97 Å². The van der Waals surface area contributed by atoms with Crippen molar-refractivity contribution in [2.24, 2.45) is 0 Å². The van der Waals surface area contributed by atoms with Gasteiger partial charge in [-0.05, 0) is 12.1 Å². The quantitative estimate of drug-likeness (QED) is 0.766. The highest BCUT2D eigenvalue weighted by Crippen LogP contribution is 2.17. The molecule has 1 aromatic rings. The Morgan fingerprint density at radius 3 is 2.65 bits per heavy atom. The first-order chi connectivity index (χ1) is 9.43. The number of amides is 1. The van der Waals surface area contributed by atoms with E-state index in [-0.39, 0.29) is 12.3 Å². The molecule has 0 spiro atoms. The molecular weight excluding hydrogens is 276 g/mol. The lowest BCUT2D eigenvalue weighted by Crippen LogP contribution is -2.39. The smallest absolute Gasteiger partial charge is 0.334 e. The number of hydrogen-bond donors (Lipinski definition) is 2. The number of hydrogen-bond acceptors (Lipinski definition) is 4. The molecule has 110 valence electrons. The molecule has 8 heteroatoms. The largest absolute Gasteiger partial charge is 0.481 e. The lowest BCUT2D eigenvalue weighted by Gasteiger charge is -2.12. The van der Waals surface area contributed by atoms with Gasteiger partial charge in [-0.3, -0.25) is 4.79 Å². The van der Waals surface area contributed by atoms with Crippen molar-refractivity contribution < 1.29 is 33.0 Å². The van der Waals surface area contributed by atoms with E-state index in [1.54, 1.807) is 0 Å². The van der Waals surface area contributed by atoms with Crippen LogP contribution in [0.5, 0.6) is 5.75 Å². The number of ether oxygens (including phenoxy) is 2. The molecule has 0 heterocycles. The number of carboxylic acid groups (broad SMARTS) is 1. The second-order valence-corrected chi connectivity index (χ2v) is 3.73. The molecule has 1 atom stereocenters. The number of nitrogens with one attached hydrogen (secondary N) is 1. The molecule has 0 bridgehead atoms. The van der Waals surface area contributed by atoms with Gasteiger partial charge in [0.05, 0.1) is 6.54 Å². The highest BCUT2D eigenvalue weighted by atomic mass is 19.1. The fourth-order valence-electron chi connectivity index (χ4n) is 1.26. The van der Waals surface area contributed by atoms with Crippen molar-refractivity contribution in [3.05, 3.63) is 29.8 Å². The first kappa shape index (κ1) is 15.8. The number of rotatable bonds is 7. The van der Waals surface area contributed by atoms with Crippen molar-refractivity contribution in [3.8, 4) is 5.75 Å². The van der Waals surface area contributed by atoms with Crippen LogP contribution < -0.4 is 10.1 Å². The number of carbonyl (C=O) groups excluding carboxylic acids is 1. The third kappa shape index (κ3) is 4.81. The van der Waals surface area contributed by atoms with Crippen LogP contribution in [0.2, 0.25) is 0 Å². The van der Waals surface area contributed by atoms with Crippen LogP contribution in [-0.2, 0) is 14.3 Å². The van der Waals surface area contributed by atoms with Crippen LogP contribution in [0.25, 0.3) is 0 Å². The average molecular weight is 289 g/mol. The zero-order chi connectivity index (χ0) is 15.1. The van der Waals surface area contributed by atoms with Crippen molar-refractivity contribution in [2.75, 3.05) is 20.3 Å². The highest BCUT2D eigenvalue weighted by Gasteiger charge is 2.17. The maximum absolute atomic E-state index is 13.2. The lowest BCUT2D eigenvalue weighted by molar-refractivity contribution is -0.148. The van der Waals surface area contributed by atoms with E-state index in [2.05, 4.69) is 10.1 Å². The number of halogens is 2. The van der Waals surface area contributed by atoms with Crippen molar-refractivity contribution >= 4 is 11.9 Å². The summed E-state index contributed by atoms with van der Waals surface area (Å²) in [5.74, 6) is -3.85. The topological polar surface area (TPSA) is 84.9 Å². The molecule has 0 aliphatic heterocycles. The molecule has 0 aliphatic carbocycles. The molecule has 20 heavy (non-hydrogen) atoms. The summed E-state index contributed by atoms with van der Waals surface area (Å²) in [6.07, 6.45) is -1.18. The van der Waals surface area contributed by atoms with E-state index in [1.807, 2.05) is 0 Å². The predicted octanol–water partition coefficient (Wildman–Crippen LogP) is 0.559. The van der Waals surface area contributed by atoms with Crippen molar-refractivity contribution in [2.45, 2.75) is 6.10 Å². The summed E-state index contributed by atoms with van der Waals surface area (Å²) in [7, 11) is 1.19. The molecule has 1 unspecified atom stereocenters. The summed E-state index contributed by atoms with van der Waals surface area (Å²) >= 11 is 0. The van der Waals surface area contributed by atoms with Gasteiger partial charge in [0.1, 0.15) is 5.82 Å². The van der Waals surface area contributed by atoms with Crippen LogP contribution in [0.3, 0.4) is 0 Å². The molecule has 0 saturated heterocycles. The van der Waals surface area contributed by atoms with Crippen LogP contribution in [-0.4, -0.2) is 43.3 Å². The fraction of sp³-hybridized carbons (Fsp3) is 0.333. The molecule has 1 rings (SSSR count). The number of methoxy groups -OCH3 is 1. The molecule has 6 nitrogen and oxygen atoms in total. The van der Waals surface area contributed by atoms with E-state index >= 15 is 0 Å². The molecule has 1 amide bonds. The molecule has 0 radical (unpaired) electrons. The maximum atomic E-state index is 13.2. The van der Waals surface area contributed by atoms with Crippen LogP contribution in [0, 0.1) is 11.6 Å². The second-order valence-electron chi connectivity index (χ2n) is 3.73. The molecule has 0 saturated carbocycles. The first-order valence-electron chi connectivity index (χ1n) is 5.54. The minimum Gasteiger partial charge on any atom is -0.481 e. The summed E-state index contributed by atoms with van der Waals surface area (Å²) in [5, 5.41) is 10.9. The Morgan fingerprint density at radius 1 is 1.40 bits per heavy atom. The Morgan fingerprint density at radius 2 is 2.10 bits per heavy atom. The van der Waals surface area contributed by atoms with E-state index in [4.69, 9.17) is 9.84 Å². The van der Waals surface area contributed by atoms with Gasteiger partial charge < -0.3 is 19.9 Å². The van der Waals surface area contributed by atoms with E-state index in [0.29, 0.717) is 6.07 Å². The Kier molecular flexibility index (Phi) is 5.85. The Hall–Kier alpha value is -2.22. The third-order valence-corrected chi connectivity index (χ3v) is 2.30. The zero-order valence-corrected chi connectivity index (χ0v) is 10.6. The van der Waals surface area contributed by atoms with Crippen molar-refractivity contribution in [1.29, 1.82) is 0 Å². The molecular formula is C12H13F2NO5. The molecule has 1 aromatic carbocycles. The summed E-state index contributed by atoms with van der Waals surface area (Å²) in [6.45, 7) is -0.779. The maximum Gasteiger partial charge on any atom is 0.334 e. The van der Waals surface area contributed by atoms with Crippen LogP contribution in [0.4, 0.5) is 8.78 Å². The minimum absolute atomic E-state index is 0.250. The number of carboxylic acids is 1. The second kappa shape index (κ2) is 7.39. The van der Waals surface area contributed by atoms with Crippen LogP contribution in [0.1, 0.15) is 0 Å². The monoisotopic (exact) mass is 289 g/mol. The van der Waals surface area contributed by atoms with Crippen molar-refractivity contribution in [1.82, 2.24) is 5.32 Å². The molecule has 0 aliphatic rings. The van der Waals surface area contributed by atoms with Crippen molar-refractivity contribution in [3.63, 3.8) is 0 Å². The molecule has 0 aromatic heterocycles. The third-order valence-electron chi connectivity index (χ3n) is 2.30. The van der Waals surface area contributed by atoms with Gasteiger partial charge in [-0.15, -0.1) is 0 Å². The van der Waals surface area contributed by atoms with Gasteiger partial charge in [-0.2, -0.15) is 0 Å². The predicted molar refractivity (Wildman–Crippen MR) is 63.3 cm³/mol. The summed E-state index contributed by atoms with van der Waals surface area (Å²) < 4.78 is 35.2. The van der Waals surface area contributed by atoms with E-state index < -0.39 is 36.2 Å². The Labute approximate surface area is 113 Å². The van der Waals surface area contributed by atoms with Crippen LogP contribution >= 0.6 is 0 Å².